The Morgan fingerprint density at radius 3 is 2.92 bits per heavy atom. The third kappa shape index (κ3) is 5.61. The lowest BCUT2D eigenvalue weighted by molar-refractivity contribution is 0.143. The van der Waals surface area contributed by atoms with Gasteiger partial charge in [0.2, 0.25) is 0 Å². The molecule has 0 aromatic heterocycles. The Balaban J connectivity index is 1.95. The lowest BCUT2D eigenvalue weighted by Gasteiger charge is -2.29. The molecule has 1 N–H and O–H groups in total. The fourth-order valence-electron chi connectivity index (χ4n) is 3.19. The predicted octanol–water partition coefficient (Wildman–Crippen LogP) is 2.72. The number of ether oxygens (including phenoxy) is 1. The minimum Gasteiger partial charge on any atom is -0.383 e. The quantitative estimate of drug-likeness (QED) is 0.785. The number of hydrogen-bond donors (Lipinski definition) is 1. The number of carbonyl (C=O) groups excluding carboxylic acids is 1. The van der Waals surface area contributed by atoms with E-state index in [1.165, 1.54) is 0 Å². The molecule has 6 nitrogen and oxygen atoms in total. The standard InChI is InChI=1S/C19H32N4O2/c1-5-22(3)17-9-6-8-16(14-17)20-19(24)23-11-7-10-18(23)15-21(2)12-13-25-4/h6,8-9,14,18H,5,7,10-13,15H2,1-4H3,(H,20,24)/t18-/m1/s1. The molecule has 0 unspecified atom stereocenters. The van der Waals surface area contributed by atoms with E-state index in [0.717, 1.165) is 50.4 Å². The third-order valence-corrected chi connectivity index (χ3v) is 4.85. The molecule has 1 aromatic carbocycles. The molecular formula is C19H32N4O2. The molecule has 1 fully saturated rings. The van der Waals surface area contributed by atoms with Crippen LogP contribution in [0.3, 0.4) is 0 Å². The molecule has 0 saturated carbocycles. The van der Waals surface area contributed by atoms with Crippen LogP contribution in [0.4, 0.5) is 16.2 Å². The Morgan fingerprint density at radius 1 is 1.40 bits per heavy atom. The van der Waals surface area contributed by atoms with Crippen molar-refractivity contribution >= 4 is 17.4 Å². The smallest absolute Gasteiger partial charge is 0.322 e. The summed E-state index contributed by atoms with van der Waals surface area (Å²) in [6, 6.07) is 8.28. The molecule has 0 radical (unpaired) electrons. The van der Waals surface area contributed by atoms with Crippen LogP contribution in [-0.4, -0.2) is 75.9 Å². The molecule has 1 aliphatic heterocycles. The Morgan fingerprint density at radius 2 is 2.20 bits per heavy atom. The van der Waals surface area contributed by atoms with Gasteiger partial charge in [-0.25, -0.2) is 4.79 Å². The van der Waals surface area contributed by atoms with Crippen molar-refractivity contribution < 1.29 is 9.53 Å². The van der Waals surface area contributed by atoms with Crippen LogP contribution in [0, 0.1) is 0 Å². The molecule has 2 rings (SSSR count). The lowest BCUT2D eigenvalue weighted by atomic mass is 10.2. The molecule has 25 heavy (non-hydrogen) atoms. The number of nitrogens with zero attached hydrogens (tertiary/aromatic N) is 3. The van der Waals surface area contributed by atoms with Crippen molar-refractivity contribution in [3.63, 3.8) is 0 Å². The summed E-state index contributed by atoms with van der Waals surface area (Å²) in [5.41, 5.74) is 1.96. The highest BCUT2D eigenvalue weighted by Crippen LogP contribution is 2.22. The van der Waals surface area contributed by atoms with Gasteiger partial charge >= 0.3 is 6.03 Å². The topological polar surface area (TPSA) is 48.1 Å². The van der Waals surface area contributed by atoms with Crippen molar-refractivity contribution in [1.82, 2.24) is 9.80 Å². The molecule has 0 spiro atoms. The zero-order chi connectivity index (χ0) is 18.2. The summed E-state index contributed by atoms with van der Waals surface area (Å²) in [5, 5.41) is 3.07. The van der Waals surface area contributed by atoms with E-state index in [4.69, 9.17) is 4.74 Å². The average Bonchev–Trinajstić information content (AvgIpc) is 3.07. The Labute approximate surface area is 151 Å². The van der Waals surface area contributed by atoms with Crippen LogP contribution in [0.5, 0.6) is 0 Å². The van der Waals surface area contributed by atoms with Crippen molar-refractivity contribution in [2.24, 2.45) is 0 Å². The molecular weight excluding hydrogens is 316 g/mol. The van der Waals surface area contributed by atoms with Crippen LogP contribution < -0.4 is 10.2 Å². The number of benzene rings is 1. The first-order chi connectivity index (χ1) is 12.0. The van der Waals surface area contributed by atoms with E-state index < -0.39 is 0 Å². The number of anilines is 2. The second-order valence-corrected chi connectivity index (χ2v) is 6.74. The minimum atomic E-state index is -0.000979. The zero-order valence-electron chi connectivity index (χ0n) is 16.0. The lowest BCUT2D eigenvalue weighted by Crippen LogP contribution is -2.44. The predicted molar refractivity (Wildman–Crippen MR) is 104 cm³/mol. The van der Waals surface area contributed by atoms with Crippen LogP contribution >= 0.6 is 0 Å². The SMILES string of the molecule is CCN(C)c1cccc(NC(=O)N2CCC[C@@H]2CN(C)CCOC)c1. The maximum Gasteiger partial charge on any atom is 0.322 e. The maximum absolute atomic E-state index is 12.7. The fourth-order valence-corrected chi connectivity index (χ4v) is 3.19. The Kier molecular flexibility index (Phi) is 7.52. The molecule has 1 heterocycles. The Hall–Kier alpha value is -1.79. The van der Waals surface area contributed by atoms with Gasteiger partial charge in [0.15, 0.2) is 0 Å². The van der Waals surface area contributed by atoms with Gasteiger partial charge in [0.25, 0.3) is 0 Å². The van der Waals surface area contributed by atoms with E-state index in [1.54, 1.807) is 7.11 Å². The number of rotatable bonds is 8. The number of nitrogens with one attached hydrogen (secondary N) is 1. The number of urea groups is 1. The number of carbonyl (C=O) groups is 1. The summed E-state index contributed by atoms with van der Waals surface area (Å²) in [6.07, 6.45) is 2.12. The Bertz CT molecular complexity index is 552. The van der Waals surface area contributed by atoms with Gasteiger partial charge in [-0.3, -0.25) is 0 Å². The van der Waals surface area contributed by atoms with Gasteiger partial charge in [0, 0.05) is 57.8 Å². The average molecular weight is 348 g/mol. The van der Waals surface area contributed by atoms with E-state index >= 15 is 0 Å². The van der Waals surface area contributed by atoms with Crippen LogP contribution in [0.2, 0.25) is 0 Å². The number of methoxy groups -OCH3 is 1. The largest absolute Gasteiger partial charge is 0.383 e. The van der Waals surface area contributed by atoms with Gasteiger partial charge in [0.1, 0.15) is 0 Å². The number of likely N-dealkylation sites (N-methyl/N-ethyl adjacent to an activating group) is 1. The van der Waals surface area contributed by atoms with Gasteiger partial charge < -0.3 is 24.8 Å². The highest BCUT2D eigenvalue weighted by Gasteiger charge is 2.29. The van der Waals surface area contributed by atoms with Crippen LogP contribution in [-0.2, 0) is 4.74 Å². The van der Waals surface area contributed by atoms with Crippen LogP contribution in [0.15, 0.2) is 24.3 Å². The van der Waals surface area contributed by atoms with Crippen LogP contribution in [0.1, 0.15) is 19.8 Å². The van der Waals surface area contributed by atoms with Gasteiger partial charge in [-0.2, -0.15) is 0 Å². The first-order valence-corrected chi connectivity index (χ1v) is 9.11. The molecule has 2 amide bonds. The van der Waals surface area contributed by atoms with E-state index in [-0.39, 0.29) is 12.1 Å². The summed E-state index contributed by atoms with van der Waals surface area (Å²) in [7, 11) is 5.85. The van der Waals surface area contributed by atoms with Crippen molar-refractivity contribution in [3.05, 3.63) is 24.3 Å². The molecule has 0 bridgehead atoms. The first-order valence-electron chi connectivity index (χ1n) is 9.11. The number of hydrogen-bond acceptors (Lipinski definition) is 4. The summed E-state index contributed by atoms with van der Waals surface area (Å²) in [6.45, 7) is 6.35. The molecule has 1 aromatic rings. The summed E-state index contributed by atoms with van der Waals surface area (Å²) in [4.78, 5) is 19.1. The van der Waals surface area contributed by atoms with Gasteiger partial charge in [-0.1, -0.05) is 6.07 Å². The molecule has 0 aliphatic carbocycles. The first kappa shape index (κ1) is 19.5. The zero-order valence-corrected chi connectivity index (χ0v) is 16.0. The van der Waals surface area contributed by atoms with E-state index in [2.05, 4.69) is 35.2 Å². The van der Waals surface area contributed by atoms with Crippen molar-refractivity contribution in [2.75, 3.05) is 64.2 Å². The van der Waals surface area contributed by atoms with E-state index in [9.17, 15) is 4.79 Å². The van der Waals surface area contributed by atoms with Gasteiger partial charge in [-0.05, 0) is 45.0 Å². The summed E-state index contributed by atoms with van der Waals surface area (Å²) in [5.74, 6) is 0. The van der Waals surface area contributed by atoms with Crippen molar-refractivity contribution in [2.45, 2.75) is 25.8 Å². The fraction of sp³-hybridized carbons (Fsp3) is 0.632. The second-order valence-electron chi connectivity index (χ2n) is 6.74. The van der Waals surface area contributed by atoms with E-state index in [0.29, 0.717) is 6.61 Å². The number of amides is 2. The normalized spacial score (nSPS) is 17.2. The summed E-state index contributed by atoms with van der Waals surface area (Å²) >= 11 is 0. The molecule has 1 aliphatic rings. The molecule has 1 atom stereocenters. The molecule has 6 heteroatoms. The minimum absolute atomic E-state index is 0.000979. The molecule has 140 valence electrons. The van der Waals surface area contributed by atoms with Crippen LogP contribution in [0.25, 0.3) is 0 Å². The monoisotopic (exact) mass is 348 g/mol. The molecule has 1 saturated heterocycles. The highest BCUT2D eigenvalue weighted by atomic mass is 16.5. The van der Waals surface area contributed by atoms with Gasteiger partial charge in [-0.15, -0.1) is 0 Å². The second kappa shape index (κ2) is 9.63. The summed E-state index contributed by atoms with van der Waals surface area (Å²) < 4.78 is 5.13. The van der Waals surface area contributed by atoms with Crippen molar-refractivity contribution in [1.29, 1.82) is 0 Å². The maximum atomic E-state index is 12.7. The third-order valence-electron chi connectivity index (χ3n) is 4.85. The number of likely N-dealkylation sites (tertiary alicyclic amines) is 1. The van der Waals surface area contributed by atoms with Crippen molar-refractivity contribution in [3.8, 4) is 0 Å². The van der Waals surface area contributed by atoms with E-state index in [1.807, 2.05) is 30.1 Å². The van der Waals surface area contributed by atoms with Gasteiger partial charge in [0.05, 0.1) is 6.61 Å². The highest BCUT2D eigenvalue weighted by molar-refractivity contribution is 5.90.